The van der Waals surface area contributed by atoms with Crippen LogP contribution in [0.1, 0.15) is 45.8 Å². The van der Waals surface area contributed by atoms with Gasteiger partial charge in [0, 0.05) is 23.6 Å². The molecule has 0 saturated carbocycles. The number of benzene rings is 1. The lowest BCUT2D eigenvalue weighted by Crippen LogP contribution is -2.35. The first-order valence-corrected chi connectivity index (χ1v) is 7.87. The van der Waals surface area contributed by atoms with Crippen molar-refractivity contribution in [2.75, 3.05) is 13.1 Å². The predicted octanol–water partition coefficient (Wildman–Crippen LogP) is 4.24. The molecule has 19 heavy (non-hydrogen) atoms. The Morgan fingerprint density at radius 3 is 2.16 bits per heavy atom. The molecule has 108 valence electrons. The van der Waals surface area contributed by atoms with Crippen molar-refractivity contribution in [1.82, 2.24) is 4.90 Å². The van der Waals surface area contributed by atoms with E-state index >= 15 is 0 Å². The normalized spacial score (nSPS) is 13.5. The standard InChI is InChI=1S/C16H26BrNO/c1-12(2)11-18(13(3)4)10-9-16(19)14-5-7-15(17)8-6-14/h5-8,12-13,16,19H,9-11H2,1-4H3. The molecule has 0 heterocycles. The summed E-state index contributed by atoms with van der Waals surface area (Å²) in [6, 6.07) is 8.45. The lowest BCUT2D eigenvalue weighted by molar-refractivity contribution is 0.123. The van der Waals surface area contributed by atoms with E-state index in [1.807, 2.05) is 24.3 Å². The van der Waals surface area contributed by atoms with Gasteiger partial charge in [-0.2, -0.15) is 0 Å². The van der Waals surface area contributed by atoms with E-state index in [0.29, 0.717) is 12.0 Å². The fourth-order valence-corrected chi connectivity index (χ4v) is 2.43. The molecule has 1 aromatic carbocycles. The topological polar surface area (TPSA) is 23.5 Å². The van der Waals surface area contributed by atoms with Gasteiger partial charge in [-0.05, 0) is 43.9 Å². The molecule has 1 rings (SSSR count). The summed E-state index contributed by atoms with van der Waals surface area (Å²) in [7, 11) is 0. The maximum Gasteiger partial charge on any atom is 0.0802 e. The summed E-state index contributed by atoms with van der Waals surface area (Å²) in [6.07, 6.45) is 0.411. The number of hydrogen-bond acceptors (Lipinski definition) is 2. The molecule has 0 bridgehead atoms. The Morgan fingerprint density at radius 1 is 1.11 bits per heavy atom. The number of hydrogen-bond donors (Lipinski definition) is 1. The van der Waals surface area contributed by atoms with Crippen LogP contribution in [0.4, 0.5) is 0 Å². The predicted molar refractivity (Wildman–Crippen MR) is 85.3 cm³/mol. The molecule has 2 nitrogen and oxygen atoms in total. The smallest absolute Gasteiger partial charge is 0.0802 e. The fourth-order valence-electron chi connectivity index (χ4n) is 2.17. The lowest BCUT2D eigenvalue weighted by Gasteiger charge is -2.29. The van der Waals surface area contributed by atoms with Crippen LogP contribution in [0.5, 0.6) is 0 Å². The second-order valence-electron chi connectivity index (χ2n) is 5.84. The Labute approximate surface area is 126 Å². The molecule has 1 atom stereocenters. The molecule has 1 unspecified atom stereocenters. The Morgan fingerprint density at radius 2 is 1.68 bits per heavy atom. The quantitative estimate of drug-likeness (QED) is 0.809. The van der Waals surface area contributed by atoms with Gasteiger partial charge in [-0.3, -0.25) is 0 Å². The van der Waals surface area contributed by atoms with Crippen LogP contribution in [-0.2, 0) is 0 Å². The highest BCUT2D eigenvalue weighted by Gasteiger charge is 2.14. The summed E-state index contributed by atoms with van der Waals surface area (Å²) in [5.41, 5.74) is 0.997. The third-order valence-corrected chi connectivity index (χ3v) is 3.80. The van der Waals surface area contributed by atoms with Crippen molar-refractivity contribution in [3.8, 4) is 0 Å². The molecule has 0 aliphatic heterocycles. The Hall–Kier alpha value is -0.380. The van der Waals surface area contributed by atoms with Crippen LogP contribution in [0, 0.1) is 5.92 Å². The van der Waals surface area contributed by atoms with E-state index in [1.165, 1.54) is 0 Å². The average molecular weight is 328 g/mol. The monoisotopic (exact) mass is 327 g/mol. The van der Waals surface area contributed by atoms with Crippen molar-refractivity contribution in [1.29, 1.82) is 0 Å². The van der Waals surface area contributed by atoms with Crippen LogP contribution >= 0.6 is 15.9 Å². The number of halogens is 1. The van der Waals surface area contributed by atoms with Crippen LogP contribution in [0.3, 0.4) is 0 Å². The molecular weight excluding hydrogens is 302 g/mol. The van der Waals surface area contributed by atoms with Crippen molar-refractivity contribution < 1.29 is 5.11 Å². The number of aliphatic hydroxyl groups excluding tert-OH is 1. The van der Waals surface area contributed by atoms with E-state index in [9.17, 15) is 5.11 Å². The Bertz CT molecular complexity index is 362. The van der Waals surface area contributed by atoms with Gasteiger partial charge >= 0.3 is 0 Å². The van der Waals surface area contributed by atoms with Crippen LogP contribution in [-0.4, -0.2) is 29.1 Å². The van der Waals surface area contributed by atoms with Gasteiger partial charge in [0.05, 0.1) is 6.10 Å². The molecule has 1 N–H and O–H groups in total. The molecule has 0 aromatic heterocycles. The van der Waals surface area contributed by atoms with Gasteiger partial charge in [0.1, 0.15) is 0 Å². The second-order valence-corrected chi connectivity index (χ2v) is 6.75. The third-order valence-electron chi connectivity index (χ3n) is 3.27. The van der Waals surface area contributed by atoms with Gasteiger partial charge in [0.15, 0.2) is 0 Å². The SMILES string of the molecule is CC(C)CN(CCC(O)c1ccc(Br)cc1)C(C)C. The Balaban J connectivity index is 2.51. The average Bonchev–Trinajstić information content (AvgIpc) is 2.34. The van der Waals surface area contributed by atoms with Crippen molar-refractivity contribution in [2.45, 2.75) is 46.3 Å². The van der Waals surface area contributed by atoms with Gasteiger partial charge in [0.25, 0.3) is 0 Å². The summed E-state index contributed by atoms with van der Waals surface area (Å²) >= 11 is 3.41. The number of rotatable bonds is 7. The van der Waals surface area contributed by atoms with Gasteiger partial charge in [-0.15, -0.1) is 0 Å². The van der Waals surface area contributed by atoms with Crippen LogP contribution in [0.25, 0.3) is 0 Å². The van der Waals surface area contributed by atoms with E-state index in [-0.39, 0.29) is 6.10 Å². The van der Waals surface area contributed by atoms with Gasteiger partial charge < -0.3 is 10.0 Å². The minimum atomic E-state index is -0.374. The highest BCUT2D eigenvalue weighted by atomic mass is 79.9. The highest BCUT2D eigenvalue weighted by Crippen LogP contribution is 2.20. The van der Waals surface area contributed by atoms with Crippen molar-refractivity contribution in [3.05, 3.63) is 34.3 Å². The van der Waals surface area contributed by atoms with Crippen molar-refractivity contribution in [2.24, 2.45) is 5.92 Å². The van der Waals surface area contributed by atoms with E-state index < -0.39 is 0 Å². The Kier molecular flexibility index (Phi) is 7.05. The fraction of sp³-hybridized carbons (Fsp3) is 0.625. The molecule has 0 amide bonds. The largest absolute Gasteiger partial charge is 0.388 e. The molecule has 0 spiro atoms. The van der Waals surface area contributed by atoms with E-state index in [4.69, 9.17) is 0 Å². The second kappa shape index (κ2) is 8.03. The summed E-state index contributed by atoms with van der Waals surface area (Å²) in [6.45, 7) is 10.9. The van der Waals surface area contributed by atoms with E-state index in [1.54, 1.807) is 0 Å². The molecule has 0 aliphatic carbocycles. The minimum Gasteiger partial charge on any atom is -0.388 e. The van der Waals surface area contributed by atoms with Crippen molar-refractivity contribution in [3.63, 3.8) is 0 Å². The molecule has 0 fully saturated rings. The maximum atomic E-state index is 10.2. The molecule has 3 heteroatoms. The summed E-state index contributed by atoms with van der Waals surface area (Å²) in [5, 5.41) is 10.2. The summed E-state index contributed by atoms with van der Waals surface area (Å²) in [4.78, 5) is 2.44. The van der Waals surface area contributed by atoms with Gasteiger partial charge in [0.2, 0.25) is 0 Å². The summed E-state index contributed by atoms with van der Waals surface area (Å²) < 4.78 is 1.05. The van der Waals surface area contributed by atoms with Crippen LogP contribution in [0.15, 0.2) is 28.7 Å². The molecular formula is C16H26BrNO. The molecule has 0 aliphatic rings. The number of aliphatic hydroxyl groups is 1. The van der Waals surface area contributed by atoms with Crippen LogP contribution in [0.2, 0.25) is 0 Å². The van der Waals surface area contributed by atoms with Gasteiger partial charge in [-0.25, -0.2) is 0 Å². The lowest BCUT2D eigenvalue weighted by atomic mass is 10.1. The number of nitrogens with zero attached hydrogens (tertiary/aromatic N) is 1. The zero-order valence-corrected chi connectivity index (χ0v) is 14.0. The first-order valence-electron chi connectivity index (χ1n) is 7.07. The highest BCUT2D eigenvalue weighted by molar-refractivity contribution is 9.10. The summed E-state index contributed by atoms with van der Waals surface area (Å²) in [5.74, 6) is 0.659. The first-order chi connectivity index (χ1) is 8.90. The zero-order valence-electron chi connectivity index (χ0n) is 12.4. The zero-order chi connectivity index (χ0) is 14.4. The third kappa shape index (κ3) is 6.07. The van der Waals surface area contributed by atoms with Gasteiger partial charge in [-0.1, -0.05) is 41.9 Å². The van der Waals surface area contributed by atoms with E-state index in [2.05, 4.69) is 48.5 Å². The molecule has 1 aromatic rings. The molecule has 0 radical (unpaired) electrons. The van der Waals surface area contributed by atoms with Crippen molar-refractivity contribution >= 4 is 15.9 Å². The first kappa shape index (κ1) is 16.7. The van der Waals surface area contributed by atoms with E-state index in [0.717, 1.165) is 29.5 Å². The minimum absolute atomic E-state index is 0.374. The maximum absolute atomic E-state index is 10.2. The molecule has 0 saturated heterocycles. The van der Waals surface area contributed by atoms with Crippen LogP contribution < -0.4 is 0 Å².